The molecule has 1 fully saturated rings. The van der Waals surface area contributed by atoms with Crippen LogP contribution in [0.25, 0.3) is 10.9 Å². The first-order valence-electron chi connectivity index (χ1n) is 8.20. The number of hydrogen-bond donors (Lipinski definition) is 2. The van der Waals surface area contributed by atoms with Gasteiger partial charge in [-0.15, -0.1) is 0 Å². The van der Waals surface area contributed by atoms with Gasteiger partial charge < -0.3 is 14.8 Å². The third-order valence-corrected chi connectivity index (χ3v) is 5.43. The summed E-state index contributed by atoms with van der Waals surface area (Å²) in [5, 5.41) is 19.9. The van der Waals surface area contributed by atoms with Gasteiger partial charge in [-0.05, 0) is 37.0 Å². The fraction of sp³-hybridized carbons (Fsp3) is 0.444. The van der Waals surface area contributed by atoms with E-state index in [2.05, 4.69) is 11.1 Å². The highest BCUT2D eigenvalue weighted by atomic mass is 19.1. The number of nitrogens with zero attached hydrogens (tertiary/aromatic N) is 1. The summed E-state index contributed by atoms with van der Waals surface area (Å²) in [6.45, 7) is 0.254. The summed E-state index contributed by atoms with van der Waals surface area (Å²) in [5.41, 5.74) is 0.221. The van der Waals surface area contributed by atoms with Crippen LogP contribution in [0.1, 0.15) is 42.5 Å². The smallest absolute Gasteiger partial charge is 0.342 e. The van der Waals surface area contributed by atoms with Gasteiger partial charge in [0, 0.05) is 11.3 Å². The molecule has 2 N–H and O–H groups in total. The van der Waals surface area contributed by atoms with Gasteiger partial charge in [0.2, 0.25) is 5.60 Å². The number of rotatable bonds is 2. The second kappa shape index (κ2) is 5.32. The molecular weight excluding hydrogens is 311 g/mol. The maximum Gasteiger partial charge on any atom is 0.342 e. The van der Waals surface area contributed by atoms with E-state index in [1.165, 1.54) is 12.1 Å². The Labute approximate surface area is 138 Å². The van der Waals surface area contributed by atoms with E-state index >= 15 is 0 Å². The van der Waals surface area contributed by atoms with Crippen molar-refractivity contribution in [1.82, 2.24) is 4.98 Å². The number of carboxylic acid groups (broad SMARTS) is 1. The summed E-state index contributed by atoms with van der Waals surface area (Å²) in [5.74, 6) is -1.67. The van der Waals surface area contributed by atoms with E-state index in [0.717, 1.165) is 25.7 Å². The molecule has 1 aliphatic heterocycles. The molecule has 5 nitrogen and oxygen atoms in total. The molecule has 6 heteroatoms. The Morgan fingerprint density at radius 3 is 2.83 bits per heavy atom. The van der Waals surface area contributed by atoms with Crippen molar-refractivity contribution in [2.75, 3.05) is 6.61 Å². The number of nitriles is 1. The summed E-state index contributed by atoms with van der Waals surface area (Å²) in [7, 11) is 0. The van der Waals surface area contributed by atoms with Gasteiger partial charge in [0.15, 0.2) is 0 Å². The van der Waals surface area contributed by atoms with Crippen LogP contribution in [-0.4, -0.2) is 22.7 Å². The molecule has 1 aromatic heterocycles. The number of fused-ring (bicyclic) bond motifs is 3. The van der Waals surface area contributed by atoms with Crippen LogP contribution in [0.2, 0.25) is 0 Å². The van der Waals surface area contributed by atoms with Crippen LogP contribution in [0.3, 0.4) is 0 Å². The molecule has 0 bridgehead atoms. The van der Waals surface area contributed by atoms with Crippen molar-refractivity contribution in [3.63, 3.8) is 0 Å². The number of benzene rings is 1. The number of carboxylic acids is 1. The number of carbonyl (C=O) groups is 1. The SMILES string of the molecule is N#Cc1ccc(F)c2[nH]c3c(c12)CCOC3(C(=O)O)C1CCCC1. The highest BCUT2D eigenvalue weighted by molar-refractivity contribution is 5.93. The third kappa shape index (κ3) is 1.85. The van der Waals surface area contributed by atoms with Crippen molar-refractivity contribution in [1.29, 1.82) is 5.26 Å². The lowest BCUT2D eigenvalue weighted by atomic mass is 9.79. The highest BCUT2D eigenvalue weighted by Crippen LogP contribution is 2.48. The van der Waals surface area contributed by atoms with Crippen molar-refractivity contribution in [2.45, 2.75) is 37.7 Å². The van der Waals surface area contributed by atoms with Gasteiger partial charge in [0.05, 0.1) is 29.5 Å². The van der Waals surface area contributed by atoms with Gasteiger partial charge in [-0.3, -0.25) is 0 Å². The van der Waals surface area contributed by atoms with Gasteiger partial charge in [0.25, 0.3) is 0 Å². The van der Waals surface area contributed by atoms with Gasteiger partial charge >= 0.3 is 5.97 Å². The Morgan fingerprint density at radius 1 is 1.42 bits per heavy atom. The Kier molecular flexibility index (Phi) is 3.36. The van der Waals surface area contributed by atoms with Gasteiger partial charge in [-0.2, -0.15) is 5.26 Å². The second-order valence-electron chi connectivity index (χ2n) is 6.56. The normalized spacial score (nSPS) is 24.0. The Balaban J connectivity index is 2.04. The fourth-order valence-electron chi connectivity index (χ4n) is 4.38. The first-order chi connectivity index (χ1) is 11.6. The number of aromatic nitrogens is 1. The number of H-pyrrole nitrogens is 1. The predicted octanol–water partition coefficient (Wildman–Crippen LogP) is 3.22. The number of ether oxygens (including phenoxy) is 1. The molecule has 1 aromatic carbocycles. The fourth-order valence-corrected chi connectivity index (χ4v) is 4.38. The van der Waals surface area contributed by atoms with Crippen molar-refractivity contribution < 1.29 is 19.0 Å². The molecule has 1 aliphatic carbocycles. The Morgan fingerprint density at radius 2 is 2.17 bits per heavy atom. The van der Waals surface area contributed by atoms with Crippen LogP contribution in [0.4, 0.5) is 4.39 Å². The van der Waals surface area contributed by atoms with Crippen LogP contribution in [-0.2, 0) is 21.6 Å². The number of hydrogen-bond acceptors (Lipinski definition) is 3. The number of aliphatic carboxylic acids is 1. The molecule has 2 aromatic rings. The van der Waals surface area contributed by atoms with Gasteiger partial charge in [0.1, 0.15) is 5.82 Å². The van der Waals surface area contributed by atoms with Crippen molar-refractivity contribution in [3.05, 3.63) is 34.8 Å². The minimum atomic E-state index is -1.47. The molecule has 0 amide bonds. The van der Waals surface area contributed by atoms with E-state index in [4.69, 9.17) is 4.74 Å². The summed E-state index contributed by atoms with van der Waals surface area (Å²) in [6.07, 6.45) is 3.95. The lowest BCUT2D eigenvalue weighted by Crippen LogP contribution is -2.48. The van der Waals surface area contributed by atoms with E-state index in [0.29, 0.717) is 28.6 Å². The maximum absolute atomic E-state index is 14.3. The standard InChI is InChI=1S/C18H17FN2O3/c19-13-6-5-10(9-20)14-12-7-8-24-18(17(22)23,11-3-1-2-4-11)16(12)21-15(13)14/h5-6,11,21H,1-4,7-8H2,(H,22,23). The predicted molar refractivity (Wildman–Crippen MR) is 83.9 cm³/mol. The van der Waals surface area contributed by atoms with E-state index < -0.39 is 17.4 Å². The lowest BCUT2D eigenvalue weighted by molar-refractivity contribution is -0.180. The first-order valence-corrected chi connectivity index (χ1v) is 8.20. The van der Waals surface area contributed by atoms with Gasteiger partial charge in [-0.1, -0.05) is 12.8 Å². The monoisotopic (exact) mass is 328 g/mol. The largest absolute Gasteiger partial charge is 0.479 e. The lowest BCUT2D eigenvalue weighted by Gasteiger charge is -2.38. The third-order valence-electron chi connectivity index (χ3n) is 5.43. The van der Waals surface area contributed by atoms with E-state index in [1.807, 2.05) is 0 Å². The molecule has 0 radical (unpaired) electrons. The van der Waals surface area contributed by atoms with Crippen LogP contribution >= 0.6 is 0 Å². The number of aromatic amines is 1. The molecule has 0 saturated heterocycles. The molecule has 2 heterocycles. The molecule has 1 atom stereocenters. The molecule has 0 spiro atoms. The minimum absolute atomic E-state index is 0.143. The zero-order chi connectivity index (χ0) is 16.9. The minimum Gasteiger partial charge on any atom is -0.479 e. The molecule has 4 rings (SSSR count). The molecule has 24 heavy (non-hydrogen) atoms. The average Bonchev–Trinajstić information content (AvgIpc) is 3.23. The van der Waals surface area contributed by atoms with Crippen molar-refractivity contribution in [3.8, 4) is 6.07 Å². The maximum atomic E-state index is 14.3. The summed E-state index contributed by atoms with van der Waals surface area (Å²) >= 11 is 0. The summed E-state index contributed by atoms with van der Waals surface area (Å²) < 4.78 is 20.1. The zero-order valence-electron chi connectivity index (χ0n) is 13.1. The topological polar surface area (TPSA) is 86.1 Å². The highest BCUT2D eigenvalue weighted by Gasteiger charge is 2.53. The van der Waals surface area contributed by atoms with Gasteiger partial charge in [-0.25, -0.2) is 9.18 Å². The molecular formula is C18H17FN2O3. The number of halogens is 1. The summed E-state index contributed by atoms with van der Waals surface area (Å²) in [6, 6.07) is 4.77. The second-order valence-corrected chi connectivity index (χ2v) is 6.56. The Bertz CT molecular complexity index is 876. The van der Waals surface area contributed by atoms with Crippen LogP contribution < -0.4 is 0 Å². The summed E-state index contributed by atoms with van der Waals surface area (Å²) in [4.78, 5) is 15.2. The van der Waals surface area contributed by atoms with Crippen molar-refractivity contribution in [2.24, 2.45) is 5.92 Å². The molecule has 2 aliphatic rings. The molecule has 124 valence electrons. The van der Waals surface area contributed by atoms with E-state index in [1.54, 1.807) is 0 Å². The van der Waals surface area contributed by atoms with E-state index in [-0.39, 0.29) is 18.0 Å². The average molecular weight is 328 g/mol. The Hall–Kier alpha value is -2.39. The van der Waals surface area contributed by atoms with Crippen LogP contribution in [0, 0.1) is 23.1 Å². The molecule has 1 saturated carbocycles. The first kappa shape index (κ1) is 15.2. The molecule has 1 unspecified atom stereocenters. The van der Waals surface area contributed by atoms with Crippen molar-refractivity contribution >= 4 is 16.9 Å². The zero-order valence-corrected chi connectivity index (χ0v) is 13.1. The quantitative estimate of drug-likeness (QED) is 0.886. The van der Waals surface area contributed by atoms with E-state index in [9.17, 15) is 19.6 Å². The number of nitrogens with one attached hydrogen (secondary N) is 1. The van der Waals surface area contributed by atoms with Crippen LogP contribution in [0.5, 0.6) is 0 Å². The van der Waals surface area contributed by atoms with Crippen LogP contribution in [0.15, 0.2) is 12.1 Å².